The summed E-state index contributed by atoms with van der Waals surface area (Å²) >= 11 is 0. The number of amides is 4. The zero-order valence-corrected chi connectivity index (χ0v) is 26.3. The largest absolute Gasteiger partial charge is 0.507 e. The minimum atomic E-state index is -1.01. The molecule has 5 N–H and O–H groups in total. The SMILES string of the molecule is CC(C)c1nccn1CCCNC(=O)[C@H]1Cc2ccc(cc2)Oc2ccc(O)c(c2)C(=O)N[C@@H](C(C)C)C(=O)N[C@@H](C)C(=O)N1. The van der Waals surface area contributed by atoms with Crippen LogP contribution in [-0.4, -0.2) is 63.0 Å². The van der Waals surface area contributed by atoms with E-state index in [1.54, 1.807) is 44.3 Å². The average molecular weight is 619 g/mol. The van der Waals surface area contributed by atoms with Crippen LogP contribution in [0.3, 0.4) is 0 Å². The molecule has 0 saturated heterocycles. The van der Waals surface area contributed by atoms with Gasteiger partial charge >= 0.3 is 0 Å². The van der Waals surface area contributed by atoms with Crippen molar-refractivity contribution in [1.29, 1.82) is 0 Å². The molecule has 0 spiro atoms. The summed E-state index contributed by atoms with van der Waals surface area (Å²) in [4.78, 5) is 57.4. The van der Waals surface area contributed by atoms with Crippen molar-refractivity contribution in [3.8, 4) is 17.2 Å². The minimum absolute atomic E-state index is 0.0614. The average Bonchev–Trinajstić information content (AvgIpc) is 3.47. The smallest absolute Gasteiger partial charge is 0.255 e. The number of carbonyl (C=O) groups is 4. The molecule has 4 bridgehead atoms. The number of aryl methyl sites for hydroxylation is 1. The summed E-state index contributed by atoms with van der Waals surface area (Å²) in [6.45, 7) is 10.2. The second-order valence-corrected chi connectivity index (χ2v) is 11.9. The van der Waals surface area contributed by atoms with Crippen LogP contribution in [0.25, 0.3) is 0 Å². The first kappa shape index (κ1) is 33.0. The number of hydrogen-bond acceptors (Lipinski definition) is 7. The highest BCUT2D eigenvalue weighted by molar-refractivity contribution is 6.00. The normalized spacial score (nSPS) is 19.3. The Kier molecular flexibility index (Phi) is 10.8. The second kappa shape index (κ2) is 14.7. The molecular weight excluding hydrogens is 576 g/mol. The molecule has 3 atom stereocenters. The van der Waals surface area contributed by atoms with E-state index in [4.69, 9.17) is 4.74 Å². The van der Waals surface area contributed by atoms with E-state index in [-0.39, 0.29) is 35.5 Å². The Balaban J connectivity index is 1.55. The fourth-order valence-corrected chi connectivity index (χ4v) is 5.05. The van der Waals surface area contributed by atoms with Gasteiger partial charge in [0.15, 0.2) is 0 Å². The molecule has 2 aliphatic rings. The van der Waals surface area contributed by atoms with Crippen LogP contribution in [0.5, 0.6) is 17.2 Å². The lowest BCUT2D eigenvalue weighted by atomic mass is 10.0. The Morgan fingerprint density at radius 2 is 1.73 bits per heavy atom. The molecule has 2 aromatic carbocycles. The van der Waals surface area contributed by atoms with Crippen molar-refractivity contribution in [1.82, 2.24) is 30.8 Å². The fraction of sp³-hybridized carbons (Fsp3) is 0.424. The third-order valence-corrected chi connectivity index (χ3v) is 7.57. The number of nitrogens with zero attached hydrogens (tertiary/aromatic N) is 2. The van der Waals surface area contributed by atoms with Crippen LogP contribution in [0.1, 0.15) is 68.7 Å². The molecular formula is C33H42N6O6. The summed E-state index contributed by atoms with van der Waals surface area (Å²) < 4.78 is 7.98. The Hall–Kier alpha value is -4.87. The van der Waals surface area contributed by atoms with Crippen LogP contribution >= 0.6 is 0 Å². The van der Waals surface area contributed by atoms with E-state index in [2.05, 4.69) is 44.7 Å². The molecule has 0 saturated carbocycles. The van der Waals surface area contributed by atoms with Crippen LogP contribution in [0.4, 0.5) is 0 Å². The predicted octanol–water partition coefficient (Wildman–Crippen LogP) is 3.01. The molecule has 240 valence electrons. The molecule has 4 amide bonds. The van der Waals surface area contributed by atoms with E-state index >= 15 is 0 Å². The van der Waals surface area contributed by atoms with Crippen molar-refractivity contribution < 1.29 is 29.0 Å². The molecule has 0 aliphatic carbocycles. The Morgan fingerprint density at radius 3 is 2.42 bits per heavy atom. The Bertz CT molecular complexity index is 1520. The lowest BCUT2D eigenvalue weighted by molar-refractivity contribution is -0.132. The zero-order chi connectivity index (χ0) is 32.7. The number of aromatic nitrogens is 2. The lowest BCUT2D eigenvalue weighted by Gasteiger charge is -2.25. The molecule has 12 nitrogen and oxygen atoms in total. The van der Waals surface area contributed by atoms with Crippen LogP contribution in [0.2, 0.25) is 0 Å². The molecule has 12 heteroatoms. The number of ether oxygens (including phenoxy) is 1. The van der Waals surface area contributed by atoms with Gasteiger partial charge in [-0.2, -0.15) is 0 Å². The third-order valence-electron chi connectivity index (χ3n) is 7.57. The quantitative estimate of drug-likeness (QED) is 0.201. The first-order chi connectivity index (χ1) is 21.4. The molecule has 0 fully saturated rings. The Labute approximate surface area is 263 Å². The molecule has 3 heterocycles. The van der Waals surface area contributed by atoms with Crippen LogP contribution in [-0.2, 0) is 27.3 Å². The van der Waals surface area contributed by atoms with E-state index < -0.39 is 35.8 Å². The first-order valence-corrected chi connectivity index (χ1v) is 15.2. The highest BCUT2D eigenvalue weighted by Crippen LogP contribution is 2.28. The van der Waals surface area contributed by atoms with Gasteiger partial charge in [0, 0.05) is 37.8 Å². The highest BCUT2D eigenvalue weighted by atomic mass is 16.5. The minimum Gasteiger partial charge on any atom is -0.507 e. The molecule has 3 aromatic rings. The number of hydrogen-bond donors (Lipinski definition) is 5. The molecule has 0 unspecified atom stereocenters. The highest BCUT2D eigenvalue weighted by Gasteiger charge is 2.30. The fourth-order valence-electron chi connectivity index (χ4n) is 5.05. The number of carbonyl (C=O) groups excluding carboxylic acids is 4. The maximum atomic E-state index is 13.4. The number of benzene rings is 2. The number of rotatable bonds is 7. The summed E-state index contributed by atoms with van der Waals surface area (Å²) in [7, 11) is 0. The van der Waals surface area contributed by atoms with Crippen molar-refractivity contribution in [2.75, 3.05) is 6.54 Å². The first-order valence-electron chi connectivity index (χ1n) is 15.2. The van der Waals surface area contributed by atoms with Crippen molar-refractivity contribution in [2.24, 2.45) is 5.92 Å². The van der Waals surface area contributed by atoms with E-state index in [9.17, 15) is 24.3 Å². The maximum absolute atomic E-state index is 13.4. The number of fused-ring (bicyclic) bond motifs is 11. The van der Waals surface area contributed by atoms with Crippen molar-refractivity contribution in [3.63, 3.8) is 0 Å². The van der Waals surface area contributed by atoms with E-state index in [1.807, 2.05) is 6.20 Å². The van der Waals surface area contributed by atoms with Gasteiger partial charge in [0.05, 0.1) is 5.56 Å². The van der Waals surface area contributed by atoms with Crippen LogP contribution in [0, 0.1) is 5.92 Å². The molecule has 5 rings (SSSR count). The molecule has 45 heavy (non-hydrogen) atoms. The number of phenolic OH excluding ortho intramolecular Hbond substituents is 1. The lowest BCUT2D eigenvalue weighted by Crippen LogP contribution is -2.57. The van der Waals surface area contributed by atoms with Crippen LogP contribution < -0.4 is 26.0 Å². The van der Waals surface area contributed by atoms with Crippen LogP contribution in [0.15, 0.2) is 54.9 Å². The van der Waals surface area contributed by atoms with Gasteiger partial charge in [0.25, 0.3) is 5.91 Å². The van der Waals surface area contributed by atoms with Crippen molar-refractivity contribution in [3.05, 3.63) is 71.8 Å². The maximum Gasteiger partial charge on any atom is 0.255 e. The van der Waals surface area contributed by atoms with E-state index in [0.717, 1.165) is 11.4 Å². The summed E-state index contributed by atoms with van der Waals surface area (Å²) in [5.74, 6) is -0.733. The summed E-state index contributed by atoms with van der Waals surface area (Å²) in [5.41, 5.74) is 0.708. The van der Waals surface area contributed by atoms with Gasteiger partial charge in [-0.15, -0.1) is 0 Å². The van der Waals surface area contributed by atoms with Crippen molar-refractivity contribution >= 4 is 23.6 Å². The zero-order valence-electron chi connectivity index (χ0n) is 26.3. The van der Waals surface area contributed by atoms with E-state index in [0.29, 0.717) is 31.0 Å². The number of nitrogens with one attached hydrogen (secondary N) is 4. The van der Waals surface area contributed by atoms with Gasteiger partial charge in [-0.05, 0) is 55.2 Å². The van der Waals surface area contributed by atoms with Gasteiger partial charge in [-0.25, -0.2) is 4.98 Å². The molecule has 2 aliphatic heterocycles. The van der Waals surface area contributed by atoms with Gasteiger partial charge in [0.2, 0.25) is 17.7 Å². The van der Waals surface area contributed by atoms with Gasteiger partial charge in [0.1, 0.15) is 41.2 Å². The number of aromatic hydroxyl groups is 1. The molecule has 1 aromatic heterocycles. The van der Waals surface area contributed by atoms with E-state index in [1.165, 1.54) is 25.1 Å². The molecule has 0 radical (unpaired) electrons. The van der Waals surface area contributed by atoms with Gasteiger partial charge < -0.3 is 35.7 Å². The number of phenols is 1. The topological polar surface area (TPSA) is 164 Å². The third kappa shape index (κ3) is 8.62. The Morgan fingerprint density at radius 1 is 1.02 bits per heavy atom. The standard InChI is InChI=1S/C33H42N6O6/c1-19(2)28-33(44)36-21(5)30(41)37-26(32(43)35-13-6-15-39-16-14-34-29(39)20(3)4)17-22-7-9-23(10-8-22)45-24-11-12-27(40)25(18-24)31(42)38-28/h7-12,14,16,18-21,26,28,40H,6,13,15,17H2,1-5H3,(H,35,43)(H,36,44)(H,37,41)(H,38,42)/t21-,26+,28-/m0/s1. The predicted molar refractivity (Wildman–Crippen MR) is 168 cm³/mol. The number of imidazole rings is 1. The summed E-state index contributed by atoms with van der Waals surface area (Å²) in [5, 5.41) is 21.4. The monoisotopic (exact) mass is 618 g/mol. The van der Waals surface area contributed by atoms with Crippen molar-refractivity contribution in [2.45, 2.75) is 78.0 Å². The van der Waals surface area contributed by atoms with Gasteiger partial charge in [-0.1, -0.05) is 39.8 Å². The summed E-state index contributed by atoms with van der Waals surface area (Å²) in [6, 6.07) is 8.34. The van der Waals surface area contributed by atoms with Gasteiger partial charge in [-0.3, -0.25) is 19.2 Å². The summed E-state index contributed by atoms with van der Waals surface area (Å²) in [6.07, 6.45) is 4.55. The second-order valence-electron chi connectivity index (χ2n) is 11.9.